The maximum Gasteiger partial charge on any atom is 0.326 e. The van der Waals surface area contributed by atoms with Crippen molar-refractivity contribution < 1.29 is 22.7 Å². The zero-order valence-electron chi connectivity index (χ0n) is 15.0. The molecule has 9 heteroatoms. The number of benzene rings is 2. The van der Waals surface area contributed by atoms with Crippen molar-refractivity contribution in [3.05, 3.63) is 52.0 Å². The van der Waals surface area contributed by atoms with E-state index in [-0.39, 0.29) is 20.7 Å². The highest BCUT2D eigenvalue weighted by molar-refractivity contribution is 7.93. The minimum absolute atomic E-state index is 0.0259. The molecule has 0 atom stereocenters. The SMILES string of the molecule is CCc1ccccc1N(CC(=O)OC)S(=O)(=O)c1ccc(OC)c(Cl)c1Cl. The molecule has 6 nitrogen and oxygen atoms in total. The highest BCUT2D eigenvalue weighted by Crippen LogP contribution is 2.39. The van der Waals surface area contributed by atoms with Crippen LogP contribution in [0.15, 0.2) is 41.3 Å². The highest BCUT2D eigenvalue weighted by atomic mass is 35.5. The molecule has 0 aliphatic heterocycles. The van der Waals surface area contributed by atoms with Gasteiger partial charge in [0, 0.05) is 0 Å². The van der Waals surface area contributed by atoms with Crippen LogP contribution in [0.4, 0.5) is 5.69 Å². The lowest BCUT2D eigenvalue weighted by atomic mass is 10.1. The number of carbonyl (C=O) groups is 1. The fraction of sp³-hybridized carbons (Fsp3) is 0.278. The van der Waals surface area contributed by atoms with Crippen molar-refractivity contribution >= 4 is 44.9 Å². The molecule has 0 fully saturated rings. The van der Waals surface area contributed by atoms with Gasteiger partial charge in [0.2, 0.25) is 0 Å². The van der Waals surface area contributed by atoms with Gasteiger partial charge in [0.1, 0.15) is 22.2 Å². The van der Waals surface area contributed by atoms with E-state index in [1.807, 2.05) is 6.92 Å². The third-order valence-electron chi connectivity index (χ3n) is 3.94. The molecule has 0 aliphatic carbocycles. The number of hydrogen-bond donors (Lipinski definition) is 0. The monoisotopic (exact) mass is 431 g/mol. The van der Waals surface area contributed by atoms with E-state index in [9.17, 15) is 13.2 Å². The van der Waals surface area contributed by atoms with Gasteiger partial charge in [-0.1, -0.05) is 48.3 Å². The molecule has 2 aromatic rings. The first-order chi connectivity index (χ1) is 12.8. The maximum atomic E-state index is 13.4. The molecule has 0 spiro atoms. The van der Waals surface area contributed by atoms with Crippen molar-refractivity contribution in [2.75, 3.05) is 25.1 Å². The first-order valence-electron chi connectivity index (χ1n) is 7.97. The fourth-order valence-electron chi connectivity index (χ4n) is 2.52. The van der Waals surface area contributed by atoms with Gasteiger partial charge in [-0.15, -0.1) is 0 Å². The van der Waals surface area contributed by atoms with Crippen molar-refractivity contribution in [3.8, 4) is 5.75 Å². The van der Waals surface area contributed by atoms with E-state index in [4.69, 9.17) is 27.9 Å². The molecule has 2 aromatic carbocycles. The van der Waals surface area contributed by atoms with Gasteiger partial charge in [0.05, 0.1) is 24.9 Å². The number of nitrogens with zero attached hydrogens (tertiary/aromatic N) is 1. The van der Waals surface area contributed by atoms with Gasteiger partial charge >= 0.3 is 5.97 Å². The molecule has 0 heterocycles. The molecule has 27 heavy (non-hydrogen) atoms. The van der Waals surface area contributed by atoms with E-state index in [1.54, 1.807) is 24.3 Å². The summed E-state index contributed by atoms with van der Waals surface area (Å²) < 4.78 is 37.4. The molecular formula is C18H19Cl2NO5S. The number of para-hydroxylation sites is 1. The Labute approximate surface area is 168 Å². The van der Waals surface area contributed by atoms with Crippen molar-refractivity contribution in [1.29, 1.82) is 0 Å². The average Bonchev–Trinajstić information content (AvgIpc) is 2.67. The minimum Gasteiger partial charge on any atom is -0.495 e. The lowest BCUT2D eigenvalue weighted by Crippen LogP contribution is -2.37. The molecule has 2 rings (SSSR count). The molecule has 0 bridgehead atoms. The summed E-state index contributed by atoms with van der Waals surface area (Å²) in [4.78, 5) is 11.7. The van der Waals surface area contributed by atoms with E-state index in [0.29, 0.717) is 12.1 Å². The zero-order chi connectivity index (χ0) is 20.2. The second-order valence-corrected chi connectivity index (χ2v) is 8.05. The number of methoxy groups -OCH3 is 2. The standard InChI is InChI=1S/C18H19Cl2NO5S/c1-4-12-7-5-6-8-13(12)21(11-16(22)26-3)27(23,24)15-10-9-14(25-2)17(19)18(15)20/h5-10H,4,11H2,1-3H3. The van der Waals surface area contributed by atoms with E-state index in [0.717, 1.165) is 9.87 Å². The van der Waals surface area contributed by atoms with Gasteiger partial charge in [-0.25, -0.2) is 8.42 Å². The summed E-state index contributed by atoms with van der Waals surface area (Å²) in [6.45, 7) is 1.38. The number of aryl methyl sites for hydroxylation is 1. The van der Waals surface area contributed by atoms with Crippen LogP contribution in [0.2, 0.25) is 10.0 Å². The second kappa shape index (κ2) is 8.82. The smallest absolute Gasteiger partial charge is 0.326 e. The summed E-state index contributed by atoms with van der Waals surface area (Å²) in [7, 11) is -1.62. The number of anilines is 1. The van der Waals surface area contributed by atoms with Crippen molar-refractivity contribution in [1.82, 2.24) is 0 Å². The number of hydrogen-bond acceptors (Lipinski definition) is 5. The van der Waals surface area contributed by atoms with E-state index >= 15 is 0 Å². The third-order valence-corrected chi connectivity index (χ3v) is 6.72. The summed E-state index contributed by atoms with van der Waals surface area (Å²) in [6, 6.07) is 9.60. The average molecular weight is 432 g/mol. The van der Waals surface area contributed by atoms with Crippen LogP contribution in [-0.2, 0) is 26.0 Å². The zero-order valence-corrected chi connectivity index (χ0v) is 17.4. The van der Waals surface area contributed by atoms with Crippen LogP contribution in [0, 0.1) is 0 Å². The number of rotatable bonds is 7. The highest BCUT2D eigenvalue weighted by Gasteiger charge is 2.32. The Hall–Kier alpha value is -1.96. The Bertz CT molecular complexity index is 947. The van der Waals surface area contributed by atoms with Gasteiger partial charge in [0.15, 0.2) is 0 Å². The third kappa shape index (κ3) is 4.31. The first-order valence-corrected chi connectivity index (χ1v) is 10.2. The van der Waals surface area contributed by atoms with Crippen LogP contribution in [0.3, 0.4) is 0 Å². The van der Waals surface area contributed by atoms with E-state index in [2.05, 4.69) is 4.74 Å². The lowest BCUT2D eigenvalue weighted by Gasteiger charge is -2.26. The van der Waals surface area contributed by atoms with Gasteiger partial charge in [-0.05, 0) is 30.2 Å². The van der Waals surface area contributed by atoms with Crippen LogP contribution < -0.4 is 9.04 Å². The van der Waals surface area contributed by atoms with Crippen LogP contribution >= 0.6 is 23.2 Å². The summed E-state index contributed by atoms with van der Waals surface area (Å²) in [6.07, 6.45) is 0.570. The Balaban J connectivity index is 2.68. The van der Waals surface area contributed by atoms with E-state index in [1.165, 1.54) is 26.4 Å². The predicted molar refractivity (Wildman–Crippen MR) is 105 cm³/mol. The Morgan fingerprint density at radius 3 is 2.33 bits per heavy atom. The quantitative estimate of drug-likeness (QED) is 0.620. The lowest BCUT2D eigenvalue weighted by molar-refractivity contribution is -0.138. The maximum absolute atomic E-state index is 13.4. The molecule has 0 amide bonds. The molecule has 0 radical (unpaired) electrons. The molecule has 0 saturated heterocycles. The summed E-state index contributed by atoms with van der Waals surface area (Å²) >= 11 is 12.3. The van der Waals surface area contributed by atoms with Crippen LogP contribution in [0.1, 0.15) is 12.5 Å². The molecular weight excluding hydrogens is 413 g/mol. The molecule has 0 N–H and O–H groups in total. The Kier molecular flexibility index (Phi) is 6.97. The van der Waals surface area contributed by atoms with Crippen LogP contribution in [-0.4, -0.2) is 35.2 Å². The normalized spacial score (nSPS) is 11.1. The number of halogens is 2. The van der Waals surface area contributed by atoms with Gasteiger partial charge in [-0.3, -0.25) is 9.10 Å². The molecule has 0 saturated carbocycles. The van der Waals surface area contributed by atoms with Crippen molar-refractivity contribution in [2.24, 2.45) is 0 Å². The van der Waals surface area contributed by atoms with E-state index < -0.39 is 22.5 Å². The largest absolute Gasteiger partial charge is 0.495 e. The Morgan fingerprint density at radius 2 is 1.74 bits per heavy atom. The van der Waals surface area contributed by atoms with Gasteiger partial charge in [0.25, 0.3) is 10.0 Å². The molecule has 146 valence electrons. The topological polar surface area (TPSA) is 72.9 Å². The number of ether oxygens (including phenoxy) is 2. The molecule has 0 aliphatic rings. The van der Waals surface area contributed by atoms with Crippen molar-refractivity contribution in [2.45, 2.75) is 18.2 Å². The molecule has 0 aromatic heterocycles. The van der Waals surface area contributed by atoms with Crippen LogP contribution in [0.25, 0.3) is 0 Å². The van der Waals surface area contributed by atoms with Crippen LogP contribution in [0.5, 0.6) is 5.75 Å². The summed E-state index contributed by atoms with van der Waals surface area (Å²) in [5.41, 5.74) is 1.12. The second-order valence-electron chi connectivity index (χ2n) is 5.46. The van der Waals surface area contributed by atoms with Gasteiger partial charge in [-0.2, -0.15) is 0 Å². The summed E-state index contributed by atoms with van der Waals surface area (Å²) in [5.74, 6) is -0.464. The molecule has 0 unspecified atom stereocenters. The number of carbonyl (C=O) groups excluding carboxylic acids is 1. The number of sulfonamides is 1. The van der Waals surface area contributed by atoms with Gasteiger partial charge < -0.3 is 9.47 Å². The number of esters is 1. The van der Waals surface area contributed by atoms with Crippen molar-refractivity contribution in [3.63, 3.8) is 0 Å². The predicted octanol–water partition coefficient (Wildman–Crippen LogP) is 3.93. The Morgan fingerprint density at radius 1 is 1.07 bits per heavy atom. The fourth-order valence-corrected chi connectivity index (χ4v) is 4.79. The summed E-state index contributed by atoms with van der Waals surface area (Å²) in [5, 5.41) is -0.207. The minimum atomic E-state index is -4.21. The first kappa shape index (κ1) is 21.3.